The lowest BCUT2D eigenvalue weighted by Crippen LogP contribution is -2.23. The standard InChI is InChI=1S/C12H15ClO2S/c1-3-9-8(4-5-15-9)11(14)10-6-7(2)12(13)16-10/h6,8-9H,3-5H2,1-2H3. The van der Waals surface area contributed by atoms with E-state index in [9.17, 15) is 4.79 Å². The molecule has 0 spiro atoms. The van der Waals surface area contributed by atoms with Gasteiger partial charge in [-0.2, -0.15) is 0 Å². The summed E-state index contributed by atoms with van der Waals surface area (Å²) in [5.74, 6) is 0.225. The second-order valence-corrected chi connectivity index (χ2v) is 5.80. The van der Waals surface area contributed by atoms with Crippen LogP contribution in [0.25, 0.3) is 0 Å². The number of thiophene rings is 1. The third kappa shape index (κ3) is 2.17. The summed E-state index contributed by atoms with van der Waals surface area (Å²) in [5, 5.41) is 0. The number of Topliss-reactive ketones (excluding diaryl/α,β-unsaturated/α-hetero) is 1. The van der Waals surface area contributed by atoms with Crippen LogP contribution in [0, 0.1) is 12.8 Å². The van der Waals surface area contributed by atoms with Crippen molar-refractivity contribution in [3.8, 4) is 0 Å². The van der Waals surface area contributed by atoms with Gasteiger partial charge in [0.1, 0.15) is 0 Å². The fourth-order valence-electron chi connectivity index (χ4n) is 2.11. The van der Waals surface area contributed by atoms with Crippen molar-refractivity contribution in [1.29, 1.82) is 0 Å². The second-order valence-electron chi connectivity index (χ2n) is 4.14. The van der Waals surface area contributed by atoms with E-state index in [-0.39, 0.29) is 17.8 Å². The van der Waals surface area contributed by atoms with Gasteiger partial charge >= 0.3 is 0 Å². The molecule has 2 nitrogen and oxygen atoms in total. The molecule has 1 aromatic rings. The summed E-state index contributed by atoms with van der Waals surface area (Å²) in [6.45, 7) is 4.69. The van der Waals surface area contributed by atoms with Gasteiger partial charge in [0, 0.05) is 6.61 Å². The molecule has 0 bridgehead atoms. The smallest absolute Gasteiger partial charge is 0.178 e. The van der Waals surface area contributed by atoms with Crippen LogP contribution in [0.1, 0.15) is 35.0 Å². The van der Waals surface area contributed by atoms with E-state index < -0.39 is 0 Å². The normalized spacial score (nSPS) is 24.9. The minimum absolute atomic E-state index is 0.0270. The molecular weight excluding hydrogens is 244 g/mol. The van der Waals surface area contributed by atoms with E-state index in [0.29, 0.717) is 6.61 Å². The van der Waals surface area contributed by atoms with Crippen LogP contribution in [0.15, 0.2) is 6.07 Å². The van der Waals surface area contributed by atoms with Crippen molar-refractivity contribution in [1.82, 2.24) is 0 Å². The number of carbonyl (C=O) groups is 1. The van der Waals surface area contributed by atoms with Crippen molar-refractivity contribution in [2.24, 2.45) is 5.92 Å². The highest BCUT2D eigenvalue weighted by atomic mass is 35.5. The molecular formula is C12H15ClO2S. The van der Waals surface area contributed by atoms with Crippen LogP contribution in [0.4, 0.5) is 0 Å². The molecule has 4 heteroatoms. The lowest BCUT2D eigenvalue weighted by molar-refractivity contribution is 0.0692. The van der Waals surface area contributed by atoms with E-state index in [0.717, 1.165) is 27.6 Å². The molecule has 1 aliphatic rings. The van der Waals surface area contributed by atoms with Gasteiger partial charge in [0.15, 0.2) is 5.78 Å². The summed E-state index contributed by atoms with van der Waals surface area (Å²) in [7, 11) is 0. The summed E-state index contributed by atoms with van der Waals surface area (Å²) in [5.41, 5.74) is 0.988. The van der Waals surface area contributed by atoms with Crippen LogP contribution < -0.4 is 0 Å². The Morgan fingerprint density at radius 3 is 3.00 bits per heavy atom. The quantitative estimate of drug-likeness (QED) is 0.773. The molecule has 1 aromatic heterocycles. The average molecular weight is 259 g/mol. The lowest BCUT2D eigenvalue weighted by Gasteiger charge is -2.14. The molecule has 0 amide bonds. The molecule has 16 heavy (non-hydrogen) atoms. The molecule has 0 aliphatic carbocycles. The SMILES string of the molecule is CCC1OCCC1C(=O)c1cc(C)c(Cl)s1. The first-order valence-corrected chi connectivity index (χ1v) is 6.74. The fraction of sp³-hybridized carbons (Fsp3) is 0.583. The molecule has 2 atom stereocenters. The minimum Gasteiger partial charge on any atom is -0.377 e. The van der Waals surface area contributed by atoms with Crippen LogP contribution in [0.2, 0.25) is 4.34 Å². The van der Waals surface area contributed by atoms with Crippen molar-refractivity contribution in [2.45, 2.75) is 32.8 Å². The molecule has 0 radical (unpaired) electrons. The second kappa shape index (κ2) is 4.86. The number of hydrogen-bond acceptors (Lipinski definition) is 3. The number of hydrogen-bond donors (Lipinski definition) is 0. The van der Waals surface area contributed by atoms with Crippen LogP contribution >= 0.6 is 22.9 Å². The summed E-state index contributed by atoms with van der Waals surface area (Å²) in [4.78, 5) is 13.0. The number of carbonyl (C=O) groups excluding carboxylic acids is 1. The summed E-state index contributed by atoms with van der Waals surface area (Å²) >= 11 is 7.37. The van der Waals surface area contributed by atoms with Gasteiger partial charge in [0.05, 0.1) is 21.2 Å². The zero-order chi connectivity index (χ0) is 11.7. The van der Waals surface area contributed by atoms with Gasteiger partial charge in [-0.15, -0.1) is 11.3 Å². The molecule has 88 valence electrons. The predicted molar refractivity (Wildman–Crippen MR) is 66.5 cm³/mol. The van der Waals surface area contributed by atoms with Crippen molar-refractivity contribution in [2.75, 3.05) is 6.61 Å². The van der Waals surface area contributed by atoms with Gasteiger partial charge in [-0.25, -0.2) is 0 Å². The van der Waals surface area contributed by atoms with Crippen LogP contribution in [0.3, 0.4) is 0 Å². The summed E-state index contributed by atoms with van der Waals surface area (Å²) in [6.07, 6.45) is 1.83. The van der Waals surface area contributed by atoms with Crippen molar-refractivity contribution >= 4 is 28.7 Å². The zero-order valence-electron chi connectivity index (χ0n) is 9.46. The number of aryl methyl sites for hydroxylation is 1. The number of halogens is 1. The first-order valence-electron chi connectivity index (χ1n) is 5.55. The maximum absolute atomic E-state index is 12.3. The van der Waals surface area contributed by atoms with Crippen LogP contribution in [0.5, 0.6) is 0 Å². The average Bonchev–Trinajstić information content (AvgIpc) is 2.85. The fourth-order valence-corrected chi connectivity index (χ4v) is 3.32. The van der Waals surface area contributed by atoms with Crippen molar-refractivity contribution in [3.05, 3.63) is 20.8 Å². The van der Waals surface area contributed by atoms with E-state index >= 15 is 0 Å². The van der Waals surface area contributed by atoms with Gasteiger partial charge in [-0.3, -0.25) is 4.79 Å². The molecule has 0 saturated carbocycles. The van der Waals surface area contributed by atoms with E-state index in [1.165, 1.54) is 11.3 Å². The molecule has 2 heterocycles. The predicted octanol–water partition coefficient (Wildman–Crippen LogP) is 3.71. The van der Waals surface area contributed by atoms with Crippen LogP contribution in [-0.2, 0) is 4.74 Å². The van der Waals surface area contributed by atoms with Gasteiger partial charge in [0.25, 0.3) is 0 Å². The highest BCUT2D eigenvalue weighted by molar-refractivity contribution is 7.18. The summed E-state index contributed by atoms with van der Waals surface area (Å²) in [6, 6.07) is 1.89. The van der Waals surface area contributed by atoms with Crippen molar-refractivity contribution in [3.63, 3.8) is 0 Å². The maximum atomic E-state index is 12.3. The lowest BCUT2D eigenvalue weighted by atomic mass is 9.94. The Morgan fingerprint density at radius 2 is 2.44 bits per heavy atom. The highest BCUT2D eigenvalue weighted by Crippen LogP contribution is 2.33. The van der Waals surface area contributed by atoms with E-state index in [1.807, 2.05) is 13.0 Å². The maximum Gasteiger partial charge on any atom is 0.178 e. The minimum atomic E-state index is 0.0270. The Bertz CT molecular complexity index is 380. The molecule has 1 fully saturated rings. The largest absolute Gasteiger partial charge is 0.377 e. The highest BCUT2D eigenvalue weighted by Gasteiger charge is 2.34. The first-order chi connectivity index (χ1) is 7.63. The van der Waals surface area contributed by atoms with E-state index in [2.05, 4.69) is 6.92 Å². The third-order valence-electron chi connectivity index (χ3n) is 3.05. The summed E-state index contributed by atoms with van der Waals surface area (Å²) < 4.78 is 6.26. The van der Waals surface area contributed by atoms with Gasteiger partial charge < -0.3 is 4.74 Å². The van der Waals surface area contributed by atoms with Gasteiger partial charge in [0.2, 0.25) is 0 Å². The van der Waals surface area contributed by atoms with E-state index in [4.69, 9.17) is 16.3 Å². The van der Waals surface area contributed by atoms with E-state index in [1.54, 1.807) is 0 Å². The number of ether oxygens (including phenoxy) is 1. The topological polar surface area (TPSA) is 26.3 Å². The Balaban J connectivity index is 2.18. The third-order valence-corrected chi connectivity index (χ3v) is 4.62. The Morgan fingerprint density at radius 1 is 1.69 bits per heavy atom. The first kappa shape index (κ1) is 12.1. The molecule has 1 aliphatic heterocycles. The van der Waals surface area contributed by atoms with Gasteiger partial charge in [-0.1, -0.05) is 18.5 Å². The molecule has 2 unspecified atom stereocenters. The Kier molecular flexibility index (Phi) is 3.67. The molecule has 0 aromatic carbocycles. The van der Waals surface area contributed by atoms with Crippen LogP contribution in [-0.4, -0.2) is 18.5 Å². The van der Waals surface area contributed by atoms with Crippen molar-refractivity contribution < 1.29 is 9.53 Å². The van der Waals surface area contributed by atoms with Gasteiger partial charge in [-0.05, 0) is 31.4 Å². The molecule has 1 saturated heterocycles. The Labute approximate surface area is 105 Å². The monoisotopic (exact) mass is 258 g/mol. The number of ketones is 1. The zero-order valence-corrected chi connectivity index (χ0v) is 11.0. The molecule has 0 N–H and O–H groups in total. The number of rotatable bonds is 3. The molecule has 2 rings (SSSR count). The Hall–Kier alpha value is -0.380.